The van der Waals surface area contributed by atoms with Gasteiger partial charge in [0.25, 0.3) is 0 Å². The minimum Gasteiger partial charge on any atom is -0.285 e. The van der Waals surface area contributed by atoms with Crippen molar-refractivity contribution in [2.75, 3.05) is 0 Å². The normalized spacial score (nSPS) is 12.2. The summed E-state index contributed by atoms with van der Waals surface area (Å²) in [6.07, 6.45) is 1.85. The highest BCUT2D eigenvalue weighted by molar-refractivity contribution is 5.79. The van der Waals surface area contributed by atoms with Gasteiger partial charge in [-0.25, -0.2) is 0 Å². The lowest BCUT2D eigenvalue weighted by molar-refractivity contribution is 0.825. The van der Waals surface area contributed by atoms with Gasteiger partial charge in [-0.3, -0.25) is 4.99 Å². The van der Waals surface area contributed by atoms with Crippen LogP contribution in [0.15, 0.2) is 59.6 Å². The van der Waals surface area contributed by atoms with E-state index in [1.165, 1.54) is 5.56 Å². The molecule has 0 radical (unpaired) electrons. The summed E-state index contributed by atoms with van der Waals surface area (Å²) >= 11 is 0. The predicted octanol–water partition coefficient (Wildman–Crippen LogP) is 3.74. The number of hydrogen-bond donors (Lipinski definition) is 0. The molecule has 0 bridgehead atoms. The Kier molecular flexibility index (Phi) is 3.88. The Morgan fingerprint density at radius 1 is 1.06 bits per heavy atom. The Balaban J connectivity index is 2.09. The fraction of sp³-hybridized carbons (Fsp3) is 0.125. The fourth-order valence-corrected chi connectivity index (χ4v) is 1.66. The summed E-state index contributed by atoms with van der Waals surface area (Å²) in [5.74, 6) is 0. The second-order valence-electron chi connectivity index (χ2n) is 4.10. The van der Waals surface area contributed by atoms with Crippen LogP contribution in [0.1, 0.15) is 29.7 Å². The molecule has 0 aromatic heterocycles. The summed E-state index contributed by atoms with van der Waals surface area (Å²) < 4.78 is 0. The molecule has 0 unspecified atom stereocenters. The van der Waals surface area contributed by atoms with Gasteiger partial charge < -0.3 is 0 Å². The molecule has 0 saturated heterocycles. The van der Waals surface area contributed by atoms with Crippen LogP contribution in [0.2, 0.25) is 0 Å². The van der Waals surface area contributed by atoms with Crippen molar-refractivity contribution in [2.24, 2.45) is 4.99 Å². The second kappa shape index (κ2) is 5.79. The standard InChI is InChI=1S/C16H14N2/c1-13(16-5-3-2-4-6-16)18-12-15-9-7-14(11-17)8-10-15/h2-10,12-13H,1H3/t13-/m0/s1. The van der Waals surface area contributed by atoms with Crippen LogP contribution in [0.25, 0.3) is 0 Å². The Bertz CT molecular complexity index is 562. The monoisotopic (exact) mass is 234 g/mol. The van der Waals surface area contributed by atoms with Crippen LogP contribution in [-0.2, 0) is 0 Å². The molecule has 0 amide bonds. The number of aliphatic imine (C=N–C) groups is 1. The zero-order valence-electron chi connectivity index (χ0n) is 10.2. The maximum Gasteiger partial charge on any atom is 0.0991 e. The van der Waals surface area contributed by atoms with Crippen molar-refractivity contribution in [3.63, 3.8) is 0 Å². The van der Waals surface area contributed by atoms with E-state index in [2.05, 4.69) is 30.1 Å². The lowest BCUT2D eigenvalue weighted by Gasteiger charge is -2.05. The van der Waals surface area contributed by atoms with E-state index in [1.54, 1.807) is 12.1 Å². The summed E-state index contributed by atoms with van der Waals surface area (Å²) in [7, 11) is 0. The summed E-state index contributed by atoms with van der Waals surface area (Å²) in [6.45, 7) is 2.06. The van der Waals surface area contributed by atoms with Gasteiger partial charge in [-0.05, 0) is 30.2 Å². The van der Waals surface area contributed by atoms with E-state index < -0.39 is 0 Å². The molecule has 0 N–H and O–H groups in total. The van der Waals surface area contributed by atoms with E-state index in [4.69, 9.17) is 5.26 Å². The summed E-state index contributed by atoms with van der Waals surface area (Å²) in [4.78, 5) is 4.51. The molecular weight excluding hydrogens is 220 g/mol. The van der Waals surface area contributed by atoms with Crippen molar-refractivity contribution in [1.29, 1.82) is 5.26 Å². The van der Waals surface area contributed by atoms with E-state index in [0.29, 0.717) is 5.56 Å². The summed E-state index contributed by atoms with van der Waals surface area (Å²) in [6, 6.07) is 19.8. The summed E-state index contributed by atoms with van der Waals surface area (Å²) in [5.41, 5.74) is 2.88. The minimum atomic E-state index is 0.141. The van der Waals surface area contributed by atoms with Crippen LogP contribution in [-0.4, -0.2) is 6.21 Å². The first-order valence-corrected chi connectivity index (χ1v) is 5.88. The largest absolute Gasteiger partial charge is 0.285 e. The molecule has 18 heavy (non-hydrogen) atoms. The highest BCUT2D eigenvalue weighted by Crippen LogP contribution is 2.15. The average Bonchev–Trinajstić information content (AvgIpc) is 2.46. The van der Waals surface area contributed by atoms with Crippen LogP contribution >= 0.6 is 0 Å². The number of benzene rings is 2. The molecule has 0 spiro atoms. The highest BCUT2D eigenvalue weighted by atomic mass is 14.8. The van der Waals surface area contributed by atoms with Crippen LogP contribution in [0.3, 0.4) is 0 Å². The van der Waals surface area contributed by atoms with Crippen molar-refractivity contribution >= 4 is 6.21 Å². The van der Waals surface area contributed by atoms with Crippen molar-refractivity contribution < 1.29 is 0 Å². The smallest absolute Gasteiger partial charge is 0.0991 e. The molecule has 0 aliphatic carbocycles. The first-order valence-electron chi connectivity index (χ1n) is 5.88. The third-order valence-corrected chi connectivity index (χ3v) is 2.77. The van der Waals surface area contributed by atoms with Crippen molar-refractivity contribution in [1.82, 2.24) is 0 Å². The van der Waals surface area contributed by atoms with Crippen LogP contribution in [0.4, 0.5) is 0 Å². The van der Waals surface area contributed by atoms with E-state index in [-0.39, 0.29) is 6.04 Å². The van der Waals surface area contributed by atoms with Gasteiger partial charge >= 0.3 is 0 Å². The first kappa shape index (κ1) is 12.1. The van der Waals surface area contributed by atoms with Crippen molar-refractivity contribution in [3.05, 3.63) is 71.3 Å². The van der Waals surface area contributed by atoms with Gasteiger partial charge in [0.2, 0.25) is 0 Å². The zero-order valence-corrected chi connectivity index (χ0v) is 10.2. The van der Waals surface area contributed by atoms with Crippen LogP contribution in [0.5, 0.6) is 0 Å². The lowest BCUT2D eigenvalue weighted by atomic mass is 10.1. The zero-order chi connectivity index (χ0) is 12.8. The van der Waals surface area contributed by atoms with E-state index in [1.807, 2.05) is 36.5 Å². The van der Waals surface area contributed by atoms with Crippen molar-refractivity contribution in [2.45, 2.75) is 13.0 Å². The van der Waals surface area contributed by atoms with Gasteiger partial charge in [0, 0.05) is 6.21 Å². The summed E-state index contributed by atoms with van der Waals surface area (Å²) in [5, 5.41) is 8.71. The Morgan fingerprint density at radius 3 is 2.33 bits per heavy atom. The molecule has 2 nitrogen and oxygen atoms in total. The molecule has 88 valence electrons. The third-order valence-electron chi connectivity index (χ3n) is 2.77. The van der Waals surface area contributed by atoms with E-state index in [9.17, 15) is 0 Å². The van der Waals surface area contributed by atoms with Gasteiger partial charge in [0.05, 0.1) is 17.7 Å². The topological polar surface area (TPSA) is 36.1 Å². The number of rotatable bonds is 3. The molecule has 0 heterocycles. The van der Waals surface area contributed by atoms with Gasteiger partial charge in [0.1, 0.15) is 0 Å². The SMILES string of the molecule is C[C@H](N=Cc1ccc(C#N)cc1)c1ccccc1. The Hall–Kier alpha value is -2.40. The maximum atomic E-state index is 8.71. The van der Waals surface area contributed by atoms with Gasteiger partial charge in [-0.1, -0.05) is 42.5 Å². The molecule has 0 saturated carbocycles. The minimum absolute atomic E-state index is 0.141. The number of nitrogens with zero attached hydrogens (tertiary/aromatic N) is 2. The molecule has 2 aromatic rings. The molecule has 0 fully saturated rings. The molecule has 1 atom stereocenters. The number of hydrogen-bond acceptors (Lipinski definition) is 2. The van der Waals surface area contributed by atoms with Crippen LogP contribution < -0.4 is 0 Å². The second-order valence-corrected chi connectivity index (χ2v) is 4.10. The quantitative estimate of drug-likeness (QED) is 0.745. The predicted molar refractivity (Wildman–Crippen MR) is 73.6 cm³/mol. The fourth-order valence-electron chi connectivity index (χ4n) is 1.66. The Morgan fingerprint density at radius 2 is 1.72 bits per heavy atom. The molecular formula is C16H14N2. The number of nitriles is 1. The Labute approximate surface area is 107 Å². The van der Waals surface area contributed by atoms with Crippen molar-refractivity contribution in [3.8, 4) is 6.07 Å². The van der Waals surface area contributed by atoms with Gasteiger partial charge in [-0.2, -0.15) is 5.26 Å². The molecule has 0 aliphatic rings. The molecule has 0 aliphatic heterocycles. The molecule has 2 rings (SSSR count). The lowest BCUT2D eigenvalue weighted by Crippen LogP contribution is -1.90. The maximum absolute atomic E-state index is 8.71. The molecule has 2 heteroatoms. The highest BCUT2D eigenvalue weighted by Gasteiger charge is 2.00. The van der Waals surface area contributed by atoms with E-state index in [0.717, 1.165) is 5.56 Å². The van der Waals surface area contributed by atoms with Gasteiger partial charge in [0.15, 0.2) is 0 Å². The van der Waals surface area contributed by atoms with Crippen LogP contribution in [0, 0.1) is 11.3 Å². The average molecular weight is 234 g/mol. The van der Waals surface area contributed by atoms with Gasteiger partial charge in [-0.15, -0.1) is 0 Å². The molecule has 2 aromatic carbocycles. The first-order chi connectivity index (χ1) is 8.79. The third kappa shape index (κ3) is 3.05. The van der Waals surface area contributed by atoms with E-state index >= 15 is 0 Å².